The van der Waals surface area contributed by atoms with Gasteiger partial charge in [-0.3, -0.25) is 9.59 Å². The molecule has 8 nitrogen and oxygen atoms in total. The van der Waals surface area contributed by atoms with Crippen LogP contribution in [0.2, 0.25) is 0 Å². The first-order valence-corrected chi connectivity index (χ1v) is 11.1. The molecule has 178 valence electrons. The minimum atomic E-state index is -0.850. The van der Waals surface area contributed by atoms with Crippen LogP contribution in [0.15, 0.2) is 24.3 Å². The minimum Gasteiger partial charge on any atom is -0.481 e. The van der Waals surface area contributed by atoms with Crippen molar-refractivity contribution in [1.29, 1.82) is 0 Å². The van der Waals surface area contributed by atoms with Crippen LogP contribution in [0.25, 0.3) is 0 Å². The lowest BCUT2D eigenvalue weighted by Gasteiger charge is -2.17. The third-order valence-electron chi connectivity index (χ3n) is 5.43. The van der Waals surface area contributed by atoms with E-state index >= 15 is 0 Å². The second-order valence-corrected chi connectivity index (χ2v) is 7.86. The number of esters is 2. The van der Waals surface area contributed by atoms with Crippen molar-refractivity contribution < 1.29 is 38.9 Å². The Hall–Kier alpha value is -2.90. The van der Waals surface area contributed by atoms with Crippen LogP contribution in [0.5, 0.6) is 0 Å². The Morgan fingerprint density at radius 1 is 0.750 bits per heavy atom. The van der Waals surface area contributed by atoms with E-state index in [4.69, 9.17) is 19.7 Å². The minimum absolute atomic E-state index is 0.0496. The maximum Gasteiger partial charge on any atom is 0.339 e. The van der Waals surface area contributed by atoms with E-state index in [9.17, 15) is 19.2 Å². The number of hydrogen-bond donors (Lipinski definition) is 2. The predicted molar refractivity (Wildman–Crippen MR) is 118 cm³/mol. The van der Waals surface area contributed by atoms with E-state index in [1.54, 1.807) is 12.1 Å². The van der Waals surface area contributed by atoms with Crippen LogP contribution in [0.3, 0.4) is 0 Å². The summed E-state index contributed by atoms with van der Waals surface area (Å²) < 4.78 is 10.8. The molecule has 0 amide bonds. The van der Waals surface area contributed by atoms with Gasteiger partial charge >= 0.3 is 23.9 Å². The largest absolute Gasteiger partial charge is 0.481 e. The number of carboxylic acids is 2. The predicted octanol–water partition coefficient (Wildman–Crippen LogP) is 4.56. The van der Waals surface area contributed by atoms with Gasteiger partial charge in [0.25, 0.3) is 0 Å². The Morgan fingerprint density at radius 2 is 1.12 bits per heavy atom. The Morgan fingerprint density at radius 3 is 1.44 bits per heavy atom. The molecular weight excluding hydrogens is 416 g/mol. The molecule has 0 saturated heterocycles. The Kier molecular flexibility index (Phi) is 12.7. The first kappa shape index (κ1) is 27.1. The molecule has 0 fully saturated rings. The zero-order valence-electron chi connectivity index (χ0n) is 18.9. The highest BCUT2D eigenvalue weighted by molar-refractivity contribution is 6.03. The molecule has 8 heteroatoms. The monoisotopic (exact) mass is 450 g/mol. The van der Waals surface area contributed by atoms with E-state index in [1.165, 1.54) is 12.1 Å². The summed E-state index contributed by atoms with van der Waals surface area (Å²) >= 11 is 0. The fourth-order valence-corrected chi connectivity index (χ4v) is 3.28. The molecule has 1 aromatic rings. The van der Waals surface area contributed by atoms with Gasteiger partial charge in [-0.15, -0.1) is 0 Å². The topological polar surface area (TPSA) is 127 Å². The molecule has 1 aromatic carbocycles. The molecule has 0 bridgehead atoms. The summed E-state index contributed by atoms with van der Waals surface area (Å²) in [4.78, 5) is 46.5. The highest BCUT2D eigenvalue weighted by Crippen LogP contribution is 2.18. The lowest BCUT2D eigenvalue weighted by Crippen LogP contribution is -2.19. The summed E-state index contributed by atoms with van der Waals surface area (Å²) in [5.41, 5.74) is 0.244. The third-order valence-corrected chi connectivity index (χ3v) is 5.43. The van der Waals surface area contributed by atoms with E-state index in [1.807, 2.05) is 13.8 Å². The lowest BCUT2D eigenvalue weighted by atomic mass is 10.00. The molecule has 0 heterocycles. The summed E-state index contributed by atoms with van der Waals surface area (Å²) in [6.45, 7) is 4.20. The Labute approximate surface area is 188 Å². The molecule has 1 rings (SSSR count). The zero-order chi connectivity index (χ0) is 23.9. The van der Waals surface area contributed by atoms with Crippen molar-refractivity contribution in [2.24, 2.45) is 11.8 Å². The highest BCUT2D eigenvalue weighted by Gasteiger charge is 2.21. The number of carbonyl (C=O) groups excluding carboxylic acids is 2. The first-order valence-electron chi connectivity index (χ1n) is 11.1. The van der Waals surface area contributed by atoms with Crippen LogP contribution >= 0.6 is 0 Å². The van der Waals surface area contributed by atoms with Crippen molar-refractivity contribution in [3.05, 3.63) is 35.4 Å². The molecule has 0 aliphatic carbocycles. The fraction of sp³-hybridized carbons (Fsp3) is 0.583. The summed E-state index contributed by atoms with van der Waals surface area (Å²) in [6.07, 6.45) is 3.95. The van der Waals surface area contributed by atoms with Gasteiger partial charge in [-0.2, -0.15) is 0 Å². The van der Waals surface area contributed by atoms with Gasteiger partial charge < -0.3 is 19.7 Å². The van der Waals surface area contributed by atoms with Crippen LogP contribution in [0.4, 0.5) is 0 Å². The summed E-state index contributed by atoms with van der Waals surface area (Å²) in [6, 6.07) is 6.29. The van der Waals surface area contributed by atoms with Crippen LogP contribution in [-0.2, 0) is 19.1 Å². The maximum absolute atomic E-state index is 12.6. The summed E-state index contributed by atoms with van der Waals surface area (Å²) in [7, 11) is 0. The Balaban J connectivity index is 2.65. The van der Waals surface area contributed by atoms with Gasteiger partial charge in [-0.05, 0) is 49.7 Å². The number of carbonyl (C=O) groups is 4. The average molecular weight is 451 g/mol. The van der Waals surface area contributed by atoms with Gasteiger partial charge in [-0.25, -0.2) is 9.59 Å². The van der Waals surface area contributed by atoms with Crippen molar-refractivity contribution in [3.8, 4) is 0 Å². The van der Waals surface area contributed by atoms with Gasteiger partial charge in [0.2, 0.25) is 0 Å². The smallest absolute Gasteiger partial charge is 0.339 e. The molecule has 0 aliphatic heterocycles. The number of benzene rings is 1. The SMILES string of the molecule is CCC(CCCC(=O)O)COC(=O)c1ccccc1C(=O)OCC(CC)CCCC(=O)O. The molecule has 0 aliphatic rings. The molecule has 32 heavy (non-hydrogen) atoms. The molecule has 0 aromatic heterocycles. The number of hydrogen-bond acceptors (Lipinski definition) is 6. The van der Waals surface area contributed by atoms with Crippen molar-refractivity contribution >= 4 is 23.9 Å². The number of aliphatic carboxylic acids is 2. The number of ether oxygens (including phenoxy) is 2. The Bertz CT molecular complexity index is 695. The van der Waals surface area contributed by atoms with Gasteiger partial charge in [0.15, 0.2) is 0 Å². The van der Waals surface area contributed by atoms with Gasteiger partial charge in [-0.1, -0.05) is 38.8 Å². The molecular formula is C24H34O8. The van der Waals surface area contributed by atoms with Crippen LogP contribution in [0, 0.1) is 11.8 Å². The van der Waals surface area contributed by atoms with Gasteiger partial charge in [0, 0.05) is 12.8 Å². The van der Waals surface area contributed by atoms with Gasteiger partial charge in [0.1, 0.15) is 0 Å². The molecule has 0 saturated carbocycles. The van der Waals surface area contributed by atoms with Crippen molar-refractivity contribution in [2.45, 2.75) is 65.2 Å². The maximum atomic E-state index is 12.6. The zero-order valence-corrected chi connectivity index (χ0v) is 18.9. The molecule has 0 spiro atoms. The highest BCUT2D eigenvalue weighted by atomic mass is 16.5. The second kappa shape index (κ2) is 15.0. The van der Waals surface area contributed by atoms with Gasteiger partial charge in [0.05, 0.1) is 24.3 Å². The fourth-order valence-electron chi connectivity index (χ4n) is 3.28. The van der Waals surface area contributed by atoms with E-state index < -0.39 is 23.9 Å². The summed E-state index contributed by atoms with van der Waals surface area (Å²) in [5, 5.41) is 17.5. The van der Waals surface area contributed by atoms with Crippen LogP contribution in [-0.4, -0.2) is 47.3 Å². The van der Waals surface area contributed by atoms with Crippen LogP contribution < -0.4 is 0 Å². The molecule has 2 atom stereocenters. The molecule has 2 N–H and O–H groups in total. The molecule has 2 unspecified atom stereocenters. The standard InChI is InChI=1S/C24H34O8/c1-3-17(9-7-13-21(25)26)15-31-23(29)19-11-5-6-12-20(19)24(30)32-16-18(4-2)10-8-14-22(27)28/h5-6,11-12,17-18H,3-4,7-10,13-16H2,1-2H3,(H,25,26)(H,27,28). The first-order chi connectivity index (χ1) is 15.3. The van der Waals surface area contributed by atoms with Crippen molar-refractivity contribution in [2.75, 3.05) is 13.2 Å². The third kappa shape index (κ3) is 10.4. The number of carboxylic acid groups (broad SMARTS) is 2. The second-order valence-electron chi connectivity index (χ2n) is 7.86. The summed E-state index contributed by atoms with van der Waals surface area (Å²) in [5.74, 6) is -2.85. The van der Waals surface area contributed by atoms with E-state index in [0.717, 1.165) is 12.8 Å². The van der Waals surface area contributed by atoms with E-state index in [-0.39, 0.29) is 49.0 Å². The van der Waals surface area contributed by atoms with E-state index in [0.29, 0.717) is 25.7 Å². The quantitative estimate of drug-likeness (QED) is 0.351. The molecule has 0 radical (unpaired) electrons. The van der Waals surface area contributed by atoms with Crippen molar-refractivity contribution in [1.82, 2.24) is 0 Å². The average Bonchev–Trinajstić information content (AvgIpc) is 2.77. The van der Waals surface area contributed by atoms with Crippen molar-refractivity contribution in [3.63, 3.8) is 0 Å². The number of rotatable bonds is 16. The van der Waals surface area contributed by atoms with Crippen LogP contribution in [0.1, 0.15) is 85.9 Å². The van der Waals surface area contributed by atoms with E-state index in [2.05, 4.69) is 0 Å². The lowest BCUT2D eigenvalue weighted by molar-refractivity contribution is -0.138. The normalized spacial score (nSPS) is 12.6.